The van der Waals surface area contributed by atoms with Crippen molar-refractivity contribution in [3.63, 3.8) is 0 Å². The minimum Gasteiger partial charge on any atom is -0.494 e. The topological polar surface area (TPSA) is 96.0 Å². The summed E-state index contributed by atoms with van der Waals surface area (Å²) in [5.74, 6) is -0.120. The summed E-state index contributed by atoms with van der Waals surface area (Å²) in [5.41, 5.74) is 2.19. The number of anilines is 1. The molecule has 3 aromatic rings. The molecule has 0 aliphatic heterocycles. The molecule has 43 heavy (non-hydrogen) atoms. The van der Waals surface area contributed by atoms with Gasteiger partial charge in [-0.05, 0) is 99.5 Å². The van der Waals surface area contributed by atoms with Crippen LogP contribution in [0.15, 0.2) is 82.6 Å². The predicted octanol–water partition coefficient (Wildman–Crippen LogP) is 5.79. The molecule has 2 amide bonds. The van der Waals surface area contributed by atoms with Crippen molar-refractivity contribution in [3.05, 3.63) is 83.9 Å². The number of amides is 2. The van der Waals surface area contributed by atoms with E-state index in [1.807, 2.05) is 44.4 Å². The predicted molar refractivity (Wildman–Crippen MR) is 172 cm³/mol. The van der Waals surface area contributed by atoms with Crippen molar-refractivity contribution in [2.45, 2.75) is 74.9 Å². The molecule has 3 aromatic carbocycles. The summed E-state index contributed by atoms with van der Waals surface area (Å²) < 4.78 is 34.8. The number of ether oxygens (including phenoxy) is 1. The second-order valence-electron chi connectivity index (χ2n) is 10.7. The molecule has 1 aliphatic carbocycles. The first-order valence-corrected chi connectivity index (χ1v) is 17.3. The van der Waals surface area contributed by atoms with Gasteiger partial charge in [0.25, 0.3) is 10.0 Å². The maximum Gasteiger partial charge on any atom is 0.264 e. The average molecular weight is 624 g/mol. The largest absolute Gasteiger partial charge is 0.494 e. The minimum absolute atomic E-state index is 0.0736. The van der Waals surface area contributed by atoms with Crippen LogP contribution >= 0.6 is 11.8 Å². The molecule has 0 heterocycles. The summed E-state index contributed by atoms with van der Waals surface area (Å²) in [6, 6.07) is 20.2. The van der Waals surface area contributed by atoms with E-state index in [-0.39, 0.29) is 23.4 Å². The van der Waals surface area contributed by atoms with Crippen LogP contribution in [-0.2, 0) is 26.2 Å². The van der Waals surface area contributed by atoms with E-state index in [0.29, 0.717) is 18.0 Å². The molecule has 1 saturated carbocycles. The lowest BCUT2D eigenvalue weighted by molar-refractivity contribution is -0.139. The molecule has 1 fully saturated rings. The normalized spacial score (nSPS) is 14.2. The fourth-order valence-corrected chi connectivity index (χ4v) is 7.05. The van der Waals surface area contributed by atoms with Crippen LogP contribution in [0.4, 0.5) is 5.69 Å². The number of hydrogen-bond acceptors (Lipinski definition) is 6. The lowest BCUT2D eigenvalue weighted by Crippen LogP contribution is -2.52. The Kier molecular flexibility index (Phi) is 11.2. The monoisotopic (exact) mass is 623 g/mol. The quantitative estimate of drug-likeness (QED) is 0.242. The van der Waals surface area contributed by atoms with Gasteiger partial charge in [0.2, 0.25) is 11.8 Å². The average Bonchev–Trinajstić information content (AvgIpc) is 3.52. The Balaban J connectivity index is 1.70. The standard InChI is InChI=1S/C33H41N3O5S2/c1-5-41-29-16-14-28(15-17-29)36(43(39,40)31-20-18-30(42-4)19-21-31)23-32(37)35(22-26-11-7-6-10-24(26)2)25(3)33(38)34-27-12-8-9-13-27/h6-7,10-11,14-21,25,27H,5,8-9,12-13,22-23H2,1-4H3,(H,34,38). The van der Waals surface area contributed by atoms with Gasteiger partial charge in [-0.1, -0.05) is 37.1 Å². The number of carbonyl (C=O) groups excluding carboxylic acids is 2. The van der Waals surface area contributed by atoms with E-state index in [1.54, 1.807) is 55.5 Å². The van der Waals surface area contributed by atoms with Crippen LogP contribution in [0.3, 0.4) is 0 Å². The number of nitrogens with one attached hydrogen (secondary N) is 1. The summed E-state index contributed by atoms with van der Waals surface area (Å²) in [7, 11) is -4.14. The molecule has 1 unspecified atom stereocenters. The van der Waals surface area contributed by atoms with Crippen molar-refractivity contribution in [3.8, 4) is 5.75 Å². The first-order chi connectivity index (χ1) is 20.6. The first-order valence-electron chi connectivity index (χ1n) is 14.7. The second-order valence-corrected chi connectivity index (χ2v) is 13.5. The van der Waals surface area contributed by atoms with Gasteiger partial charge in [-0.3, -0.25) is 13.9 Å². The molecule has 1 atom stereocenters. The molecule has 4 rings (SSSR count). The fourth-order valence-electron chi connectivity index (χ4n) is 5.22. The van der Waals surface area contributed by atoms with Crippen LogP contribution < -0.4 is 14.4 Å². The maximum absolute atomic E-state index is 14.2. The molecule has 0 spiro atoms. The number of rotatable bonds is 13. The van der Waals surface area contributed by atoms with Gasteiger partial charge in [0.1, 0.15) is 18.3 Å². The molecule has 230 valence electrons. The van der Waals surface area contributed by atoms with E-state index in [2.05, 4.69) is 5.32 Å². The number of hydrogen-bond donors (Lipinski definition) is 1. The Bertz CT molecular complexity index is 1490. The van der Waals surface area contributed by atoms with Crippen molar-refractivity contribution in [2.24, 2.45) is 0 Å². The Morgan fingerprint density at radius 1 is 1.00 bits per heavy atom. The third kappa shape index (κ3) is 8.12. The number of sulfonamides is 1. The summed E-state index contributed by atoms with van der Waals surface area (Å²) in [4.78, 5) is 30.1. The van der Waals surface area contributed by atoms with Gasteiger partial charge in [0, 0.05) is 17.5 Å². The molecular formula is C33H41N3O5S2. The zero-order chi connectivity index (χ0) is 31.0. The molecule has 10 heteroatoms. The first kappa shape index (κ1) is 32.4. The van der Waals surface area contributed by atoms with Gasteiger partial charge in [-0.2, -0.15) is 0 Å². The number of thioether (sulfide) groups is 1. The number of benzene rings is 3. The molecule has 0 radical (unpaired) electrons. The summed E-state index contributed by atoms with van der Waals surface area (Å²) in [6.45, 7) is 5.69. The van der Waals surface area contributed by atoms with E-state index < -0.39 is 28.5 Å². The molecule has 1 N–H and O–H groups in total. The lowest BCUT2D eigenvalue weighted by Gasteiger charge is -2.33. The van der Waals surface area contributed by atoms with E-state index in [4.69, 9.17) is 4.74 Å². The van der Waals surface area contributed by atoms with Crippen molar-refractivity contribution < 1.29 is 22.7 Å². The van der Waals surface area contributed by atoms with Crippen molar-refractivity contribution in [1.82, 2.24) is 10.2 Å². The Morgan fingerprint density at radius 3 is 2.26 bits per heavy atom. The fraction of sp³-hybridized carbons (Fsp3) is 0.394. The van der Waals surface area contributed by atoms with Gasteiger partial charge in [0.05, 0.1) is 17.2 Å². The molecule has 0 saturated heterocycles. The van der Waals surface area contributed by atoms with E-state index >= 15 is 0 Å². The second kappa shape index (κ2) is 14.8. The molecule has 0 aromatic heterocycles. The van der Waals surface area contributed by atoms with Gasteiger partial charge in [0.15, 0.2) is 0 Å². The van der Waals surface area contributed by atoms with Crippen LogP contribution in [-0.4, -0.2) is 56.6 Å². The summed E-state index contributed by atoms with van der Waals surface area (Å²) >= 11 is 1.51. The summed E-state index contributed by atoms with van der Waals surface area (Å²) in [6.07, 6.45) is 5.89. The van der Waals surface area contributed by atoms with Crippen molar-refractivity contribution in [2.75, 3.05) is 23.7 Å². The van der Waals surface area contributed by atoms with E-state index in [1.165, 1.54) is 16.7 Å². The Labute approximate surface area is 259 Å². The molecule has 0 bridgehead atoms. The third-order valence-corrected chi connectivity index (χ3v) is 10.4. The van der Waals surface area contributed by atoms with E-state index in [0.717, 1.165) is 46.0 Å². The number of carbonyl (C=O) groups is 2. The van der Waals surface area contributed by atoms with E-state index in [9.17, 15) is 18.0 Å². The highest BCUT2D eigenvalue weighted by atomic mass is 32.2. The zero-order valence-electron chi connectivity index (χ0n) is 25.3. The number of nitrogens with zero attached hydrogens (tertiary/aromatic N) is 2. The lowest BCUT2D eigenvalue weighted by atomic mass is 10.1. The molecule has 1 aliphatic rings. The Hall–Kier alpha value is -3.50. The van der Waals surface area contributed by atoms with Crippen LogP contribution in [0.2, 0.25) is 0 Å². The van der Waals surface area contributed by atoms with Gasteiger partial charge in [-0.25, -0.2) is 8.42 Å². The van der Waals surface area contributed by atoms with Gasteiger partial charge < -0.3 is 15.0 Å². The van der Waals surface area contributed by atoms with Crippen LogP contribution in [0, 0.1) is 6.92 Å². The van der Waals surface area contributed by atoms with Gasteiger partial charge in [-0.15, -0.1) is 11.8 Å². The zero-order valence-corrected chi connectivity index (χ0v) is 26.9. The number of aryl methyl sites for hydroxylation is 1. The Morgan fingerprint density at radius 2 is 1.65 bits per heavy atom. The SMILES string of the molecule is CCOc1ccc(N(CC(=O)N(Cc2ccccc2C)C(C)C(=O)NC2CCCC2)S(=O)(=O)c2ccc(SC)cc2)cc1. The van der Waals surface area contributed by atoms with Crippen LogP contribution in [0.5, 0.6) is 5.75 Å². The molecular weight excluding hydrogens is 583 g/mol. The van der Waals surface area contributed by atoms with Crippen LogP contribution in [0.1, 0.15) is 50.7 Å². The highest BCUT2D eigenvalue weighted by Gasteiger charge is 2.33. The minimum atomic E-state index is -4.14. The molecule has 8 nitrogen and oxygen atoms in total. The third-order valence-electron chi connectivity index (χ3n) is 7.83. The highest BCUT2D eigenvalue weighted by Crippen LogP contribution is 2.28. The summed E-state index contributed by atoms with van der Waals surface area (Å²) in [5, 5.41) is 3.10. The highest BCUT2D eigenvalue weighted by molar-refractivity contribution is 7.98. The smallest absolute Gasteiger partial charge is 0.264 e. The van der Waals surface area contributed by atoms with Crippen molar-refractivity contribution >= 4 is 39.3 Å². The van der Waals surface area contributed by atoms with Crippen molar-refractivity contribution in [1.29, 1.82) is 0 Å². The van der Waals surface area contributed by atoms with Crippen LogP contribution in [0.25, 0.3) is 0 Å². The van der Waals surface area contributed by atoms with Gasteiger partial charge >= 0.3 is 0 Å². The maximum atomic E-state index is 14.2.